The van der Waals surface area contributed by atoms with Crippen LogP contribution in [0.25, 0.3) is 45.2 Å². The zero-order chi connectivity index (χ0) is 46.6. The summed E-state index contributed by atoms with van der Waals surface area (Å²) in [6.45, 7) is 29.6. The van der Waals surface area contributed by atoms with E-state index < -0.39 is 0 Å². The Morgan fingerprint density at radius 2 is 1.19 bits per heavy atom. The number of H-pyrrole nitrogens is 1. The minimum Gasteiger partial charge on any atom is -0.398 e. The maximum absolute atomic E-state index is 7.25. The minimum atomic E-state index is 0.104. The van der Waals surface area contributed by atoms with Gasteiger partial charge >= 0.3 is 0 Å². The number of nitrogens with two attached hydrogens (primary N) is 2. The molecule has 3 nitrogen and oxygen atoms in total. The van der Waals surface area contributed by atoms with Gasteiger partial charge in [0.25, 0.3) is 0 Å². The first-order valence-corrected chi connectivity index (χ1v) is 25.2. The average molecular weight is 854 g/mol. The molecule has 4 aromatic rings. The van der Waals surface area contributed by atoms with Gasteiger partial charge in [0.05, 0.1) is 0 Å². The van der Waals surface area contributed by atoms with Crippen LogP contribution in [0.5, 0.6) is 0 Å². The van der Waals surface area contributed by atoms with Crippen LogP contribution in [0.1, 0.15) is 221 Å². The first kappa shape index (κ1) is 53.1. The summed E-state index contributed by atoms with van der Waals surface area (Å²) in [6, 6.07) is 17.8. The molecule has 3 heteroatoms. The number of unbranched alkanes of at least 4 members (excludes halogenated alkanes) is 10. The number of hydrogen-bond acceptors (Lipinski definition) is 2. The fraction of sp³-hybridized carbons (Fsp3) is 0.533. The van der Waals surface area contributed by atoms with E-state index in [0.29, 0.717) is 11.6 Å². The van der Waals surface area contributed by atoms with E-state index in [0.717, 1.165) is 47.2 Å². The van der Waals surface area contributed by atoms with Gasteiger partial charge in [0.2, 0.25) is 0 Å². The molecule has 63 heavy (non-hydrogen) atoms. The average Bonchev–Trinajstić information content (AvgIpc) is 3.61. The predicted octanol–water partition coefficient (Wildman–Crippen LogP) is 18.9. The molecule has 1 aromatic heterocycles. The normalized spacial score (nSPS) is 13.9. The SMILES string of the molecule is CCCCCC/C(=C\c1c(/C(=C/C=C(\C)C(C)(C)C)C(C)CC)ccc(/C(N)=C/C=C/c2ccc3c(c2)[nH]c2cc(C(C)(C)C)ccc23)c1N)CCCCC.CCCCCCCC. The van der Waals surface area contributed by atoms with E-state index >= 15 is 0 Å². The molecule has 0 radical (unpaired) electrons. The molecule has 0 bridgehead atoms. The lowest BCUT2D eigenvalue weighted by molar-refractivity contribution is 0.504. The summed E-state index contributed by atoms with van der Waals surface area (Å²) in [4.78, 5) is 3.66. The number of nitrogens with one attached hydrogen (secondary N) is 1. The lowest BCUT2D eigenvalue weighted by Crippen LogP contribution is -2.10. The molecular weight excluding hydrogens is 763 g/mol. The minimum absolute atomic E-state index is 0.104. The molecule has 0 saturated carbocycles. The third-order valence-corrected chi connectivity index (χ3v) is 13.1. The van der Waals surface area contributed by atoms with Crippen molar-refractivity contribution in [3.05, 3.63) is 112 Å². The van der Waals surface area contributed by atoms with Gasteiger partial charge in [0, 0.05) is 44.3 Å². The maximum Gasteiger partial charge on any atom is 0.0488 e. The summed E-state index contributed by atoms with van der Waals surface area (Å²) in [5.41, 5.74) is 28.0. The Balaban J connectivity index is 0.00000120. The van der Waals surface area contributed by atoms with Crippen LogP contribution in [0.4, 0.5) is 5.69 Å². The monoisotopic (exact) mass is 854 g/mol. The van der Waals surface area contributed by atoms with Gasteiger partial charge in [-0.3, -0.25) is 0 Å². The van der Waals surface area contributed by atoms with Gasteiger partial charge in [0.15, 0.2) is 0 Å². The Morgan fingerprint density at radius 3 is 1.76 bits per heavy atom. The highest BCUT2D eigenvalue weighted by atomic mass is 14.7. The molecule has 5 N–H and O–H groups in total. The molecule has 1 unspecified atom stereocenters. The molecule has 4 rings (SSSR count). The van der Waals surface area contributed by atoms with E-state index in [2.05, 4.69) is 168 Å². The molecule has 1 atom stereocenters. The Labute approximate surface area is 387 Å². The molecule has 0 fully saturated rings. The summed E-state index contributed by atoms with van der Waals surface area (Å²) in [7, 11) is 0. The molecular formula is C60H91N3. The van der Waals surface area contributed by atoms with Gasteiger partial charge in [-0.25, -0.2) is 0 Å². The topological polar surface area (TPSA) is 67.8 Å². The van der Waals surface area contributed by atoms with Crippen LogP contribution < -0.4 is 11.5 Å². The third kappa shape index (κ3) is 16.7. The van der Waals surface area contributed by atoms with E-state index in [1.54, 1.807) is 0 Å². The van der Waals surface area contributed by atoms with Crippen molar-refractivity contribution in [2.75, 3.05) is 5.73 Å². The number of nitrogen functional groups attached to an aromatic ring is 1. The molecule has 0 saturated heterocycles. The van der Waals surface area contributed by atoms with Gasteiger partial charge in [-0.15, -0.1) is 0 Å². The van der Waals surface area contributed by atoms with Gasteiger partial charge in [-0.2, -0.15) is 0 Å². The zero-order valence-corrected chi connectivity index (χ0v) is 42.6. The smallest absolute Gasteiger partial charge is 0.0488 e. The molecule has 0 spiro atoms. The number of fused-ring (bicyclic) bond motifs is 3. The Hall–Kier alpha value is -4.24. The molecule has 0 aliphatic rings. The van der Waals surface area contributed by atoms with Crippen molar-refractivity contribution < 1.29 is 0 Å². The molecule has 0 aliphatic heterocycles. The highest BCUT2D eigenvalue weighted by Gasteiger charge is 2.19. The Morgan fingerprint density at radius 1 is 0.651 bits per heavy atom. The van der Waals surface area contributed by atoms with E-state index in [9.17, 15) is 0 Å². The summed E-state index contributed by atoms with van der Waals surface area (Å²) >= 11 is 0. The Bertz CT molecular complexity index is 2140. The number of anilines is 1. The Kier molecular flexibility index (Phi) is 22.4. The quantitative estimate of drug-likeness (QED) is 0.0419. The van der Waals surface area contributed by atoms with Crippen LogP contribution in [-0.4, -0.2) is 4.98 Å². The highest BCUT2D eigenvalue weighted by molar-refractivity contribution is 6.07. The number of allylic oxidation sites excluding steroid dienone is 7. The van der Waals surface area contributed by atoms with Gasteiger partial charge in [-0.05, 0) is 96.2 Å². The lowest BCUT2D eigenvalue weighted by Gasteiger charge is -2.22. The first-order chi connectivity index (χ1) is 30.0. The summed E-state index contributed by atoms with van der Waals surface area (Å²) in [6.07, 6.45) is 33.7. The number of aromatic nitrogens is 1. The third-order valence-electron chi connectivity index (χ3n) is 13.1. The molecule has 0 aliphatic carbocycles. The first-order valence-electron chi connectivity index (χ1n) is 25.2. The van der Waals surface area contributed by atoms with Crippen molar-refractivity contribution in [1.29, 1.82) is 0 Å². The van der Waals surface area contributed by atoms with Crippen molar-refractivity contribution in [3.8, 4) is 0 Å². The van der Waals surface area contributed by atoms with Crippen LogP contribution >= 0.6 is 0 Å². The number of rotatable bonds is 22. The second kappa shape index (κ2) is 26.5. The fourth-order valence-corrected chi connectivity index (χ4v) is 8.06. The van der Waals surface area contributed by atoms with Gasteiger partial charge in [0.1, 0.15) is 0 Å². The van der Waals surface area contributed by atoms with Crippen LogP contribution in [0, 0.1) is 11.3 Å². The predicted molar refractivity (Wildman–Crippen MR) is 287 cm³/mol. The van der Waals surface area contributed by atoms with Gasteiger partial charge in [-0.1, -0.05) is 232 Å². The van der Waals surface area contributed by atoms with Crippen LogP contribution in [-0.2, 0) is 5.41 Å². The van der Waals surface area contributed by atoms with Crippen molar-refractivity contribution in [2.24, 2.45) is 17.1 Å². The molecule has 346 valence electrons. The van der Waals surface area contributed by atoms with Crippen LogP contribution in [0.2, 0.25) is 0 Å². The second-order valence-corrected chi connectivity index (χ2v) is 20.4. The summed E-state index contributed by atoms with van der Waals surface area (Å²) in [5.74, 6) is 0.375. The van der Waals surface area contributed by atoms with Gasteiger partial charge < -0.3 is 16.5 Å². The second-order valence-electron chi connectivity index (χ2n) is 20.4. The highest BCUT2D eigenvalue weighted by Crippen LogP contribution is 2.38. The number of aromatic amines is 1. The molecule has 3 aromatic carbocycles. The van der Waals surface area contributed by atoms with Crippen molar-refractivity contribution in [3.63, 3.8) is 0 Å². The van der Waals surface area contributed by atoms with Crippen molar-refractivity contribution >= 4 is 50.9 Å². The number of benzene rings is 3. The largest absolute Gasteiger partial charge is 0.398 e. The standard InChI is InChI=1S/C52H73N3.C8H18/c1-12-15-17-19-22-38(21-18-16-13-2)33-46-42(41(36(4)14-3)28-25-37(5)51(6,7)8)31-32-45(50(46)54)47(53)24-20-23-39-26-29-43-44-30-27-40(52(9,10)11)35-49(44)55-48(43)34-39;1-3-5-7-8-6-4-2/h20,23-36,55H,12-19,21-22,53-54H2,1-11H3;3-8H2,1-2H3/b23-20+,37-25+,38-33-,41-28+,47-24-;. The summed E-state index contributed by atoms with van der Waals surface area (Å²) in [5, 5.41) is 2.50. The summed E-state index contributed by atoms with van der Waals surface area (Å²) < 4.78 is 0. The maximum atomic E-state index is 7.25. The van der Waals surface area contributed by atoms with E-state index in [4.69, 9.17) is 11.5 Å². The van der Waals surface area contributed by atoms with Crippen molar-refractivity contribution in [2.45, 2.75) is 198 Å². The molecule has 1 heterocycles. The van der Waals surface area contributed by atoms with E-state index in [1.165, 1.54) is 128 Å². The molecule has 0 amide bonds. The van der Waals surface area contributed by atoms with Crippen molar-refractivity contribution in [1.82, 2.24) is 4.98 Å². The van der Waals surface area contributed by atoms with E-state index in [-0.39, 0.29) is 10.8 Å². The fourth-order valence-electron chi connectivity index (χ4n) is 8.06. The lowest BCUT2D eigenvalue weighted by atomic mass is 9.83. The van der Waals surface area contributed by atoms with E-state index in [1.807, 2.05) is 12.2 Å². The number of hydrogen-bond donors (Lipinski definition) is 3. The zero-order valence-electron chi connectivity index (χ0n) is 42.6. The van der Waals surface area contributed by atoms with Crippen LogP contribution in [0.3, 0.4) is 0 Å². The van der Waals surface area contributed by atoms with Crippen LogP contribution in [0.15, 0.2) is 84.0 Å².